The lowest BCUT2D eigenvalue weighted by molar-refractivity contribution is 0.662. The smallest absolute Gasteiger partial charge is 0.123 e. The largest absolute Gasteiger partial charge is 0.207 e. The van der Waals surface area contributed by atoms with Crippen molar-refractivity contribution in [2.45, 2.75) is 40.5 Å². The molecule has 0 bridgehead atoms. The molecule has 0 saturated carbocycles. The van der Waals surface area contributed by atoms with Crippen LogP contribution in [-0.4, -0.2) is 0 Å². The first-order chi connectivity index (χ1) is 6.13. The Morgan fingerprint density at radius 2 is 1.77 bits per heavy atom. The van der Waals surface area contributed by atoms with Crippen molar-refractivity contribution in [3.63, 3.8) is 0 Å². The van der Waals surface area contributed by atoms with E-state index in [1.165, 1.54) is 0 Å². The summed E-state index contributed by atoms with van der Waals surface area (Å²) in [7, 11) is 0. The fourth-order valence-electron chi connectivity index (χ4n) is 0.946. The summed E-state index contributed by atoms with van der Waals surface area (Å²) in [5.74, 6) is -0.144. The number of allylic oxidation sites excluding steroid dienone is 6. The average molecular weight is 182 g/mol. The van der Waals surface area contributed by atoms with Crippen molar-refractivity contribution in [1.82, 2.24) is 0 Å². The highest BCUT2D eigenvalue weighted by Crippen LogP contribution is 2.11. The summed E-state index contributed by atoms with van der Waals surface area (Å²) in [4.78, 5) is 0. The van der Waals surface area contributed by atoms with E-state index in [4.69, 9.17) is 0 Å². The quantitative estimate of drug-likeness (QED) is 0.559. The molecule has 0 aromatic carbocycles. The van der Waals surface area contributed by atoms with Crippen molar-refractivity contribution in [1.29, 1.82) is 0 Å². The van der Waals surface area contributed by atoms with Crippen molar-refractivity contribution in [3.05, 3.63) is 35.2 Å². The minimum Gasteiger partial charge on any atom is -0.207 e. The van der Waals surface area contributed by atoms with Crippen LogP contribution in [0.1, 0.15) is 40.5 Å². The third kappa shape index (κ3) is 5.40. The lowest BCUT2D eigenvalue weighted by Gasteiger charge is -1.96. The Kier molecular flexibility index (Phi) is 6.21. The highest BCUT2D eigenvalue weighted by Gasteiger charge is 1.93. The molecule has 0 spiro atoms. The zero-order valence-corrected chi connectivity index (χ0v) is 9.02. The zero-order valence-electron chi connectivity index (χ0n) is 9.02. The number of rotatable bonds is 4. The molecule has 0 nitrogen and oxygen atoms in total. The molecule has 0 aliphatic rings. The van der Waals surface area contributed by atoms with E-state index in [1.807, 2.05) is 33.8 Å². The molecule has 0 N–H and O–H groups in total. The van der Waals surface area contributed by atoms with E-state index < -0.39 is 0 Å². The molecule has 0 fully saturated rings. The van der Waals surface area contributed by atoms with Crippen LogP contribution in [-0.2, 0) is 0 Å². The summed E-state index contributed by atoms with van der Waals surface area (Å²) in [5, 5.41) is 0. The first-order valence-corrected chi connectivity index (χ1v) is 4.83. The van der Waals surface area contributed by atoms with Gasteiger partial charge in [0.25, 0.3) is 0 Å². The Balaban J connectivity index is 4.49. The van der Waals surface area contributed by atoms with E-state index in [1.54, 1.807) is 12.2 Å². The van der Waals surface area contributed by atoms with Crippen LogP contribution in [0.25, 0.3) is 0 Å². The fraction of sp³-hybridized carbons (Fsp3) is 0.500. The van der Waals surface area contributed by atoms with Gasteiger partial charge in [0.15, 0.2) is 0 Å². The van der Waals surface area contributed by atoms with Gasteiger partial charge in [-0.3, -0.25) is 0 Å². The van der Waals surface area contributed by atoms with Gasteiger partial charge in [-0.05, 0) is 44.4 Å². The van der Waals surface area contributed by atoms with Crippen LogP contribution >= 0.6 is 0 Å². The molecule has 0 unspecified atom stereocenters. The van der Waals surface area contributed by atoms with Crippen LogP contribution in [0.2, 0.25) is 0 Å². The van der Waals surface area contributed by atoms with Gasteiger partial charge >= 0.3 is 0 Å². The van der Waals surface area contributed by atoms with Crippen LogP contribution in [0.15, 0.2) is 35.2 Å². The molecule has 0 aliphatic heterocycles. The van der Waals surface area contributed by atoms with Gasteiger partial charge in [0.05, 0.1) is 0 Å². The van der Waals surface area contributed by atoms with E-state index in [2.05, 4.69) is 0 Å². The minimum absolute atomic E-state index is 0.144. The molecule has 0 rings (SSSR count). The zero-order chi connectivity index (χ0) is 10.3. The molecule has 0 heterocycles. The van der Waals surface area contributed by atoms with Crippen LogP contribution in [0.4, 0.5) is 4.39 Å². The predicted octanol–water partition coefficient (Wildman–Crippen LogP) is 4.55. The summed E-state index contributed by atoms with van der Waals surface area (Å²) in [6.45, 7) is 7.92. The normalized spacial score (nSPS) is 15.0. The standard InChI is InChI=1S/C12H19F/c1-5-10(4)8-12(13)9-11(6-2)7-3/h6,8-9H,5,7H2,1-4H3/b10-8+,11-6-,12-9+. The Morgan fingerprint density at radius 3 is 2.15 bits per heavy atom. The Hall–Kier alpha value is -0.850. The first-order valence-electron chi connectivity index (χ1n) is 4.83. The van der Waals surface area contributed by atoms with Crippen molar-refractivity contribution in [3.8, 4) is 0 Å². The van der Waals surface area contributed by atoms with Crippen molar-refractivity contribution in [2.24, 2.45) is 0 Å². The van der Waals surface area contributed by atoms with Crippen LogP contribution < -0.4 is 0 Å². The van der Waals surface area contributed by atoms with E-state index in [9.17, 15) is 4.39 Å². The monoisotopic (exact) mass is 182 g/mol. The van der Waals surface area contributed by atoms with Gasteiger partial charge in [-0.1, -0.05) is 25.5 Å². The Labute approximate surface area is 80.9 Å². The maximum absolute atomic E-state index is 13.2. The average Bonchev–Trinajstić information content (AvgIpc) is 2.13. The third-order valence-corrected chi connectivity index (χ3v) is 2.04. The molecule has 0 aliphatic carbocycles. The molecule has 0 saturated heterocycles. The number of halogens is 1. The van der Waals surface area contributed by atoms with E-state index in [-0.39, 0.29) is 5.83 Å². The van der Waals surface area contributed by atoms with Gasteiger partial charge in [-0.15, -0.1) is 0 Å². The van der Waals surface area contributed by atoms with E-state index in [0.29, 0.717) is 0 Å². The molecule has 0 radical (unpaired) electrons. The topological polar surface area (TPSA) is 0 Å². The van der Waals surface area contributed by atoms with Gasteiger partial charge < -0.3 is 0 Å². The SMILES string of the molecule is C\C=C(/C=C(F)\C=C(/C)CC)CC. The van der Waals surface area contributed by atoms with Crippen molar-refractivity contribution in [2.75, 3.05) is 0 Å². The summed E-state index contributed by atoms with van der Waals surface area (Å²) in [5.41, 5.74) is 2.11. The molecule has 1 heteroatoms. The maximum Gasteiger partial charge on any atom is 0.123 e. The van der Waals surface area contributed by atoms with Crippen molar-refractivity contribution >= 4 is 0 Å². The van der Waals surface area contributed by atoms with Gasteiger partial charge in [-0.2, -0.15) is 0 Å². The van der Waals surface area contributed by atoms with Crippen LogP contribution in [0.3, 0.4) is 0 Å². The lowest BCUT2D eigenvalue weighted by atomic mass is 10.1. The summed E-state index contributed by atoms with van der Waals surface area (Å²) >= 11 is 0. The first kappa shape index (κ1) is 12.2. The summed E-state index contributed by atoms with van der Waals surface area (Å²) in [6, 6.07) is 0. The minimum atomic E-state index is -0.144. The van der Waals surface area contributed by atoms with Crippen LogP contribution in [0.5, 0.6) is 0 Å². The Bertz CT molecular complexity index is 232. The highest BCUT2D eigenvalue weighted by molar-refractivity contribution is 5.27. The van der Waals surface area contributed by atoms with E-state index >= 15 is 0 Å². The van der Waals surface area contributed by atoms with Crippen LogP contribution in [0, 0.1) is 0 Å². The molecule has 74 valence electrons. The number of hydrogen-bond donors (Lipinski definition) is 0. The molecule has 0 atom stereocenters. The predicted molar refractivity (Wildman–Crippen MR) is 57.3 cm³/mol. The second kappa shape index (κ2) is 6.64. The molecular weight excluding hydrogens is 163 g/mol. The van der Waals surface area contributed by atoms with E-state index in [0.717, 1.165) is 24.0 Å². The third-order valence-electron chi connectivity index (χ3n) is 2.04. The lowest BCUT2D eigenvalue weighted by Crippen LogP contribution is -1.77. The molecular formula is C12H19F. The molecule has 0 aromatic rings. The molecule has 0 aromatic heterocycles. The van der Waals surface area contributed by atoms with Gasteiger partial charge in [0.2, 0.25) is 0 Å². The van der Waals surface area contributed by atoms with Gasteiger partial charge in [-0.25, -0.2) is 4.39 Å². The van der Waals surface area contributed by atoms with Gasteiger partial charge in [0, 0.05) is 0 Å². The second-order valence-corrected chi connectivity index (χ2v) is 3.09. The second-order valence-electron chi connectivity index (χ2n) is 3.09. The Morgan fingerprint density at radius 1 is 1.15 bits per heavy atom. The summed E-state index contributed by atoms with van der Waals surface area (Å²) in [6.07, 6.45) is 6.91. The summed E-state index contributed by atoms with van der Waals surface area (Å²) < 4.78 is 13.2. The number of hydrogen-bond acceptors (Lipinski definition) is 0. The maximum atomic E-state index is 13.2. The fourth-order valence-corrected chi connectivity index (χ4v) is 0.946. The molecule has 0 amide bonds. The van der Waals surface area contributed by atoms with Gasteiger partial charge in [0.1, 0.15) is 5.83 Å². The molecule has 13 heavy (non-hydrogen) atoms. The highest BCUT2D eigenvalue weighted by atomic mass is 19.1. The van der Waals surface area contributed by atoms with Crippen molar-refractivity contribution < 1.29 is 4.39 Å².